The number of para-hydroxylation sites is 4. The first-order valence-corrected chi connectivity index (χ1v) is 26.9. The van der Waals surface area contributed by atoms with E-state index in [-0.39, 0.29) is 12.1 Å². The van der Waals surface area contributed by atoms with Crippen molar-refractivity contribution in [3.63, 3.8) is 0 Å². The van der Waals surface area contributed by atoms with Crippen molar-refractivity contribution in [3.8, 4) is 11.5 Å². The summed E-state index contributed by atoms with van der Waals surface area (Å²) in [6, 6.07) is 101. The summed E-state index contributed by atoms with van der Waals surface area (Å²) < 4.78 is 7.54. The molecule has 78 heavy (non-hydrogen) atoms. The topological polar surface area (TPSA) is 22.2 Å². The van der Waals surface area contributed by atoms with E-state index in [1.807, 2.05) is 0 Å². The Balaban J connectivity index is 1.05. The molecule has 0 unspecified atom stereocenters. The van der Waals surface area contributed by atoms with Crippen LogP contribution < -0.4 is 40.7 Å². The summed E-state index contributed by atoms with van der Waals surface area (Å²) in [5.41, 5.74) is 17.3. The molecule has 2 heterocycles. The Morgan fingerprint density at radius 3 is 1.22 bits per heavy atom. The molecule has 0 atom stereocenters. The summed E-state index contributed by atoms with van der Waals surface area (Å²) in [4.78, 5) is 9.58. The highest BCUT2D eigenvalue weighted by Crippen LogP contribution is 2.49. The first-order chi connectivity index (χ1) is 38.3. The van der Waals surface area contributed by atoms with Crippen LogP contribution in [0.2, 0.25) is 0 Å². The monoisotopic (exact) mass is 1000 g/mol. The Kier molecular flexibility index (Phi) is 11.4. The number of ether oxygens (including phenoxy) is 1. The third kappa shape index (κ3) is 8.30. The summed E-state index contributed by atoms with van der Waals surface area (Å²) in [6.07, 6.45) is 0. The molecule has 6 heteroatoms. The number of benzene rings is 12. The maximum Gasteiger partial charge on any atom is 0.256 e. The van der Waals surface area contributed by atoms with Crippen molar-refractivity contribution in [3.05, 3.63) is 285 Å². The van der Waals surface area contributed by atoms with Crippen molar-refractivity contribution < 1.29 is 4.74 Å². The number of hydrogen-bond acceptors (Lipinski definition) is 5. The predicted molar refractivity (Wildman–Crippen MR) is 330 cm³/mol. The average molecular weight is 1000 g/mol. The SMILES string of the molecule is CC(C)(C)c1ccc(N2c3cc(N(c4ccccc4)c4ccccc4)ccc3B3c4ccc(N(c5ccccc5)c5ccccc5)cc4Oc4cc(N(c5ccc6ccccc6c5)c5ccc6ccccc6c5)cc2c43)cc1. The number of fused-ring (bicyclic) bond motifs is 6. The van der Waals surface area contributed by atoms with Gasteiger partial charge < -0.3 is 24.3 Å². The maximum absolute atomic E-state index is 7.54. The Hall–Kier alpha value is -9.78. The summed E-state index contributed by atoms with van der Waals surface area (Å²) in [7, 11) is 0. The predicted octanol–water partition coefficient (Wildman–Crippen LogP) is 18.1. The van der Waals surface area contributed by atoms with Crippen LogP contribution >= 0.6 is 0 Å². The second-order valence-corrected chi connectivity index (χ2v) is 21.4. The molecular weight excluding hydrogens is 948 g/mol. The Morgan fingerprint density at radius 1 is 0.321 bits per heavy atom. The zero-order valence-electron chi connectivity index (χ0n) is 43.8. The van der Waals surface area contributed by atoms with Gasteiger partial charge in [-0.25, -0.2) is 0 Å². The van der Waals surface area contributed by atoms with Gasteiger partial charge in [-0.15, -0.1) is 0 Å². The number of hydrogen-bond donors (Lipinski definition) is 0. The van der Waals surface area contributed by atoms with Gasteiger partial charge in [-0.2, -0.15) is 0 Å². The highest BCUT2D eigenvalue weighted by atomic mass is 16.5. The van der Waals surface area contributed by atoms with Crippen molar-refractivity contribution >= 4 is 113 Å². The molecule has 12 aromatic carbocycles. The molecule has 0 saturated heterocycles. The van der Waals surface area contributed by atoms with E-state index in [1.54, 1.807) is 0 Å². The van der Waals surface area contributed by atoms with Gasteiger partial charge in [0.25, 0.3) is 6.71 Å². The summed E-state index contributed by atoms with van der Waals surface area (Å²) in [5, 5.41) is 4.72. The normalized spacial score (nSPS) is 12.3. The third-order valence-corrected chi connectivity index (χ3v) is 15.5. The molecule has 2 aliphatic rings. The minimum atomic E-state index is -0.172. The first kappa shape index (κ1) is 46.7. The van der Waals surface area contributed by atoms with Crippen LogP contribution in [-0.4, -0.2) is 6.71 Å². The summed E-state index contributed by atoms with van der Waals surface area (Å²) in [6.45, 7) is 6.67. The maximum atomic E-state index is 7.54. The quantitative estimate of drug-likeness (QED) is 0.127. The van der Waals surface area contributed by atoms with Gasteiger partial charge in [0.05, 0.1) is 5.69 Å². The molecule has 0 spiro atoms. The van der Waals surface area contributed by atoms with E-state index in [4.69, 9.17) is 4.74 Å². The zero-order chi connectivity index (χ0) is 52.3. The zero-order valence-corrected chi connectivity index (χ0v) is 43.8. The van der Waals surface area contributed by atoms with Crippen molar-refractivity contribution in [2.45, 2.75) is 26.2 Å². The molecule has 0 amide bonds. The lowest BCUT2D eigenvalue weighted by Gasteiger charge is -2.42. The Morgan fingerprint density at radius 2 is 0.718 bits per heavy atom. The standard InChI is InChI=1S/C72H55BN4O/c1-72(2,3)54-34-38-59(39-35-54)77-67-46-62(74(55-24-8-4-9-25-55)56-26-10-5-11-27-56)40-42-65(67)73-66-43-41-63(75(57-28-12-6-13-29-57)58-30-14-7-15-31-58)48-69(66)78-70-49-64(47-68(77)71(70)73)76(60-36-32-50-20-16-18-22-52(50)44-60)61-37-33-51-21-17-19-23-53(51)45-61/h4-49H,1-3H3. The van der Waals surface area contributed by atoms with Gasteiger partial charge in [0, 0.05) is 74.7 Å². The molecule has 0 fully saturated rings. The minimum Gasteiger partial charge on any atom is -0.458 e. The Labute approximate surface area is 457 Å². The van der Waals surface area contributed by atoms with E-state index in [9.17, 15) is 0 Å². The second kappa shape index (κ2) is 19.1. The number of nitrogens with zero attached hydrogens (tertiary/aromatic N) is 4. The van der Waals surface area contributed by atoms with Gasteiger partial charge in [0.15, 0.2) is 0 Å². The van der Waals surface area contributed by atoms with Gasteiger partial charge in [-0.1, -0.05) is 178 Å². The molecular formula is C72H55BN4O. The van der Waals surface area contributed by atoms with Gasteiger partial charge in [-0.3, -0.25) is 0 Å². The van der Waals surface area contributed by atoms with Crippen LogP contribution in [0.5, 0.6) is 11.5 Å². The first-order valence-electron chi connectivity index (χ1n) is 26.9. The molecule has 0 saturated carbocycles. The number of rotatable bonds is 10. The van der Waals surface area contributed by atoms with Crippen LogP contribution in [-0.2, 0) is 5.41 Å². The fourth-order valence-corrected chi connectivity index (χ4v) is 11.8. The largest absolute Gasteiger partial charge is 0.458 e. The number of anilines is 12. The third-order valence-electron chi connectivity index (χ3n) is 15.5. The van der Waals surface area contributed by atoms with E-state index < -0.39 is 0 Å². The fourth-order valence-electron chi connectivity index (χ4n) is 11.8. The van der Waals surface area contributed by atoms with E-state index in [0.29, 0.717) is 0 Å². The van der Waals surface area contributed by atoms with E-state index in [2.05, 4.69) is 319 Å². The fraction of sp³-hybridized carbons (Fsp3) is 0.0556. The lowest BCUT2D eigenvalue weighted by molar-refractivity contribution is 0.488. The van der Waals surface area contributed by atoms with Gasteiger partial charge in [-0.05, 0) is 158 Å². The van der Waals surface area contributed by atoms with Gasteiger partial charge >= 0.3 is 0 Å². The van der Waals surface area contributed by atoms with Crippen LogP contribution in [0.4, 0.5) is 68.2 Å². The van der Waals surface area contributed by atoms with Crippen molar-refractivity contribution in [2.24, 2.45) is 0 Å². The lowest BCUT2D eigenvalue weighted by Crippen LogP contribution is -2.59. The summed E-state index contributed by atoms with van der Waals surface area (Å²) >= 11 is 0. The second-order valence-electron chi connectivity index (χ2n) is 21.4. The molecule has 0 radical (unpaired) electrons. The van der Waals surface area contributed by atoms with E-state index in [1.165, 1.54) is 32.6 Å². The molecule has 5 nitrogen and oxygen atoms in total. The van der Waals surface area contributed by atoms with Crippen LogP contribution in [0, 0.1) is 0 Å². The molecule has 372 valence electrons. The molecule has 2 aliphatic heterocycles. The van der Waals surface area contributed by atoms with Crippen LogP contribution in [0.1, 0.15) is 26.3 Å². The van der Waals surface area contributed by atoms with E-state index in [0.717, 1.165) is 90.7 Å². The average Bonchev–Trinajstić information content (AvgIpc) is 3.66. The highest BCUT2D eigenvalue weighted by Gasteiger charge is 2.43. The van der Waals surface area contributed by atoms with Crippen LogP contribution in [0.25, 0.3) is 21.5 Å². The summed E-state index contributed by atoms with van der Waals surface area (Å²) in [5.74, 6) is 1.64. The highest BCUT2D eigenvalue weighted by molar-refractivity contribution is 6.99. The lowest BCUT2D eigenvalue weighted by atomic mass is 9.34. The van der Waals surface area contributed by atoms with Crippen LogP contribution in [0.15, 0.2) is 279 Å². The van der Waals surface area contributed by atoms with Crippen molar-refractivity contribution in [1.82, 2.24) is 0 Å². The molecule has 0 aromatic heterocycles. The molecule has 14 rings (SSSR count). The molecule has 0 aliphatic carbocycles. The molecule has 0 N–H and O–H groups in total. The van der Waals surface area contributed by atoms with Gasteiger partial charge in [0.1, 0.15) is 11.5 Å². The van der Waals surface area contributed by atoms with Gasteiger partial charge in [0.2, 0.25) is 0 Å². The molecule has 0 bridgehead atoms. The van der Waals surface area contributed by atoms with Crippen molar-refractivity contribution in [1.29, 1.82) is 0 Å². The minimum absolute atomic E-state index is 0.0330. The Bertz CT molecular complexity index is 4020. The molecule has 12 aromatic rings. The smallest absolute Gasteiger partial charge is 0.256 e. The van der Waals surface area contributed by atoms with Crippen molar-refractivity contribution in [2.75, 3.05) is 19.6 Å². The van der Waals surface area contributed by atoms with E-state index >= 15 is 0 Å². The van der Waals surface area contributed by atoms with Crippen LogP contribution in [0.3, 0.4) is 0 Å².